The molecule has 1 atom stereocenters. The van der Waals surface area contributed by atoms with Gasteiger partial charge >= 0.3 is 0 Å². The van der Waals surface area contributed by atoms with Gasteiger partial charge in [0.15, 0.2) is 5.78 Å². The topological polar surface area (TPSA) is 102 Å². The van der Waals surface area contributed by atoms with Gasteiger partial charge in [0.25, 0.3) is 0 Å². The zero-order valence-corrected chi connectivity index (χ0v) is 26.0. The summed E-state index contributed by atoms with van der Waals surface area (Å²) >= 11 is 4.91. The smallest absolute Gasteiger partial charge is 0.241 e. The molecule has 0 saturated heterocycles. The van der Waals surface area contributed by atoms with Crippen LogP contribution in [0.4, 0.5) is 0 Å². The molecule has 0 radical (unpaired) electrons. The molecule has 0 aliphatic heterocycles. The largest absolute Gasteiger partial charge is 0.360 e. The lowest BCUT2D eigenvalue weighted by Gasteiger charge is -2.19. The SMILES string of the molecule is Cc1onc(-c2ccc(-c3cscn3)cc2)c1-c1ccc(S(=O)(=O)NC(C(=O)c2ccc(Br)cc2)c2ccccc2)cc1. The van der Waals surface area contributed by atoms with Crippen LogP contribution in [0.2, 0.25) is 0 Å². The van der Waals surface area contributed by atoms with Crippen molar-refractivity contribution in [2.24, 2.45) is 0 Å². The van der Waals surface area contributed by atoms with Crippen molar-refractivity contribution in [3.8, 4) is 33.6 Å². The third-order valence-electron chi connectivity index (χ3n) is 7.00. The first-order valence-corrected chi connectivity index (χ1v) is 16.4. The Kier molecular flexibility index (Phi) is 8.18. The minimum atomic E-state index is -4.08. The summed E-state index contributed by atoms with van der Waals surface area (Å²) < 4.78 is 36.2. The second kappa shape index (κ2) is 12.2. The third kappa shape index (κ3) is 6.14. The number of carbonyl (C=O) groups is 1. The van der Waals surface area contributed by atoms with Crippen LogP contribution >= 0.6 is 27.3 Å². The van der Waals surface area contributed by atoms with Gasteiger partial charge in [-0.3, -0.25) is 4.79 Å². The molecule has 0 amide bonds. The molecular weight excluding hydrogens is 646 g/mol. The normalized spacial score (nSPS) is 12.2. The number of thiazole rings is 1. The number of nitrogens with zero attached hydrogens (tertiary/aromatic N) is 2. The minimum absolute atomic E-state index is 0.0315. The number of benzene rings is 4. The van der Waals surface area contributed by atoms with Gasteiger partial charge in [-0.15, -0.1) is 11.3 Å². The molecule has 0 spiro atoms. The number of ketones is 1. The van der Waals surface area contributed by atoms with E-state index in [1.54, 1.807) is 66.2 Å². The Morgan fingerprint density at radius 1 is 0.860 bits per heavy atom. The van der Waals surface area contributed by atoms with E-state index in [0.717, 1.165) is 32.4 Å². The molecule has 214 valence electrons. The average Bonchev–Trinajstić information content (AvgIpc) is 3.71. The molecule has 2 aromatic heterocycles. The molecule has 4 aromatic carbocycles. The standard InChI is InChI=1S/C33H24BrN3O4S2/c1-21-30(31(36-41-21)25-9-7-22(8-10-25)29-19-42-20-35-29)23-13-17-28(18-14-23)43(39,40)37-32(24-5-3-2-4-6-24)33(38)26-11-15-27(34)16-12-26/h2-20,32,37H,1H3. The Labute approximate surface area is 261 Å². The average molecular weight is 671 g/mol. The van der Waals surface area contributed by atoms with Crippen LogP contribution in [0.1, 0.15) is 27.7 Å². The van der Waals surface area contributed by atoms with Crippen molar-refractivity contribution in [1.82, 2.24) is 14.9 Å². The lowest BCUT2D eigenvalue weighted by Crippen LogP contribution is -2.34. The summed E-state index contributed by atoms with van der Waals surface area (Å²) in [7, 11) is -4.08. The van der Waals surface area contributed by atoms with Crippen molar-refractivity contribution in [2.75, 3.05) is 0 Å². The molecule has 1 N–H and O–H groups in total. The number of sulfonamides is 1. The molecule has 0 aliphatic rings. The minimum Gasteiger partial charge on any atom is -0.360 e. The zero-order chi connectivity index (χ0) is 30.0. The highest BCUT2D eigenvalue weighted by Gasteiger charge is 2.28. The molecule has 2 heterocycles. The number of hydrogen-bond donors (Lipinski definition) is 1. The summed E-state index contributed by atoms with van der Waals surface area (Å²) in [6.07, 6.45) is 0. The quantitative estimate of drug-likeness (QED) is 0.156. The fourth-order valence-corrected chi connectivity index (χ4v) is 6.80. The van der Waals surface area contributed by atoms with E-state index < -0.39 is 16.1 Å². The van der Waals surface area contributed by atoms with Gasteiger partial charge in [0.05, 0.1) is 21.7 Å². The Bertz CT molecular complexity index is 1970. The molecule has 0 saturated carbocycles. The Morgan fingerprint density at radius 2 is 1.51 bits per heavy atom. The number of aromatic nitrogens is 2. The number of aryl methyl sites for hydroxylation is 1. The van der Waals surface area contributed by atoms with Crippen LogP contribution in [0, 0.1) is 6.92 Å². The summed E-state index contributed by atoms with van der Waals surface area (Å²) in [4.78, 5) is 17.9. The maximum atomic E-state index is 13.6. The molecule has 10 heteroatoms. The van der Waals surface area contributed by atoms with E-state index in [1.165, 1.54) is 23.5 Å². The van der Waals surface area contributed by atoms with Gasteiger partial charge in [-0.05, 0) is 42.3 Å². The van der Waals surface area contributed by atoms with Gasteiger partial charge in [-0.1, -0.05) is 99.9 Å². The summed E-state index contributed by atoms with van der Waals surface area (Å²) in [6, 6.07) is 28.9. The number of nitrogens with one attached hydrogen (secondary N) is 1. The molecule has 0 fully saturated rings. The molecule has 7 nitrogen and oxygen atoms in total. The van der Waals surface area contributed by atoms with Gasteiger partial charge in [-0.2, -0.15) is 4.72 Å². The van der Waals surface area contributed by atoms with Gasteiger partial charge in [0.1, 0.15) is 17.5 Å². The predicted octanol–water partition coefficient (Wildman–Crippen LogP) is 8.11. The van der Waals surface area contributed by atoms with Gasteiger partial charge < -0.3 is 4.52 Å². The van der Waals surface area contributed by atoms with Crippen molar-refractivity contribution in [3.63, 3.8) is 0 Å². The highest BCUT2D eigenvalue weighted by Crippen LogP contribution is 2.36. The molecular formula is C33H24BrN3O4S2. The zero-order valence-electron chi connectivity index (χ0n) is 22.8. The van der Waals surface area contributed by atoms with Gasteiger partial charge in [0, 0.05) is 26.5 Å². The fraction of sp³-hybridized carbons (Fsp3) is 0.0606. The van der Waals surface area contributed by atoms with E-state index >= 15 is 0 Å². The Hall–Kier alpha value is -4.22. The van der Waals surface area contributed by atoms with E-state index in [4.69, 9.17) is 4.52 Å². The lowest BCUT2D eigenvalue weighted by molar-refractivity contribution is 0.0953. The fourth-order valence-electron chi connectivity index (χ4n) is 4.79. The molecule has 1 unspecified atom stereocenters. The van der Waals surface area contributed by atoms with Crippen LogP contribution in [-0.2, 0) is 10.0 Å². The predicted molar refractivity (Wildman–Crippen MR) is 171 cm³/mol. The number of hydrogen-bond acceptors (Lipinski definition) is 7. The third-order valence-corrected chi connectivity index (χ3v) is 9.55. The molecule has 43 heavy (non-hydrogen) atoms. The highest BCUT2D eigenvalue weighted by molar-refractivity contribution is 9.10. The number of rotatable bonds is 9. The van der Waals surface area contributed by atoms with Crippen LogP contribution in [0.25, 0.3) is 33.6 Å². The van der Waals surface area contributed by atoms with Crippen LogP contribution < -0.4 is 4.72 Å². The highest BCUT2D eigenvalue weighted by atomic mass is 79.9. The van der Waals surface area contributed by atoms with Gasteiger partial charge in [-0.25, -0.2) is 13.4 Å². The van der Waals surface area contributed by atoms with E-state index in [0.29, 0.717) is 22.6 Å². The first-order chi connectivity index (χ1) is 20.8. The maximum Gasteiger partial charge on any atom is 0.241 e. The summed E-state index contributed by atoms with van der Waals surface area (Å²) in [5, 5.41) is 6.28. The lowest BCUT2D eigenvalue weighted by atomic mass is 9.98. The first-order valence-electron chi connectivity index (χ1n) is 13.2. The van der Waals surface area contributed by atoms with E-state index in [9.17, 15) is 13.2 Å². The maximum absolute atomic E-state index is 13.6. The van der Waals surface area contributed by atoms with Crippen molar-refractivity contribution in [1.29, 1.82) is 0 Å². The Balaban J connectivity index is 1.28. The summed E-state index contributed by atoms with van der Waals surface area (Å²) in [6.45, 7) is 1.82. The van der Waals surface area contributed by atoms with E-state index in [1.807, 2.05) is 42.6 Å². The van der Waals surface area contributed by atoms with Crippen LogP contribution in [0.5, 0.6) is 0 Å². The van der Waals surface area contributed by atoms with Crippen LogP contribution in [0.3, 0.4) is 0 Å². The summed E-state index contributed by atoms with van der Waals surface area (Å²) in [5.41, 5.74) is 7.68. The van der Waals surface area contributed by atoms with Crippen molar-refractivity contribution < 1.29 is 17.7 Å². The van der Waals surface area contributed by atoms with Gasteiger partial charge in [0.2, 0.25) is 10.0 Å². The van der Waals surface area contributed by atoms with E-state index in [-0.39, 0.29) is 10.7 Å². The van der Waals surface area contributed by atoms with Crippen LogP contribution in [0.15, 0.2) is 128 Å². The Morgan fingerprint density at radius 3 is 2.16 bits per heavy atom. The second-order valence-corrected chi connectivity index (χ2v) is 13.1. The van der Waals surface area contributed by atoms with E-state index in [2.05, 4.69) is 30.8 Å². The first kappa shape index (κ1) is 28.9. The van der Waals surface area contributed by atoms with Crippen molar-refractivity contribution in [3.05, 3.63) is 135 Å². The number of halogens is 1. The number of Topliss-reactive ketones (excluding diaryl/α,β-unsaturated/α-hetero) is 1. The van der Waals surface area contributed by atoms with Crippen molar-refractivity contribution >= 4 is 43.1 Å². The van der Waals surface area contributed by atoms with Crippen molar-refractivity contribution in [2.45, 2.75) is 17.9 Å². The molecule has 0 bridgehead atoms. The molecule has 6 aromatic rings. The summed E-state index contributed by atoms with van der Waals surface area (Å²) in [5.74, 6) is 0.251. The number of carbonyl (C=O) groups excluding carboxylic acids is 1. The second-order valence-electron chi connectivity index (χ2n) is 9.77. The molecule has 0 aliphatic carbocycles. The monoisotopic (exact) mass is 669 g/mol. The molecule has 6 rings (SSSR count). The van der Waals surface area contributed by atoms with Crippen LogP contribution in [-0.4, -0.2) is 24.3 Å².